The van der Waals surface area contributed by atoms with Crippen LogP contribution in [0.4, 0.5) is 34.1 Å². The lowest BCUT2D eigenvalue weighted by Crippen LogP contribution is -2.01. The normalized spacial score (nSPS) is 10.9. The van der Waals surface area contributed by atoms with Gasteiger partial charge in [0.2, 0.25) is 0 Å². The molecule has 144 valence electrons. The molecule has 0 bridgehead atoms. The van der Waals surface area contributed by atoms with Gasteiger partial charge in [-0.1, -0.05) is 0 Å². The summed E-state index contributed by atoms with van der Waals surface area (Å²) in [7, 11) is 0. The summed E-state index contributed by atoms with van der Waals surface area (Å²) in [5.74, 6) is 0. The Morgan fingerprint density at radius 2 is 1.34 bits per heavy atom. The van der Waals surface area contributed by atoms with Crippen LogP contribution in [0.1, 0.15) is 0 Å². The number of pyridine rings is 1. The van der Waals surface area contributed by atoms with E-state index in [1.807, 2.05) is 0 Å². The van der Waals surface area contributed by atoms with Crippen molar-refractivity contribution in [3.8, 4) is 0 Å². The Kier molecular flexibility index (Phi) is 4.08. The lowest BCUT2D eigenvalue weighted by molar-refractivity contribution is -0.384. The third-order valence-electron chi connectivity index (χ3n) is 4.50. The second-order valence-electron chi connectivity index (χ2n) is 6.38. The summed E-state index contributed by atoms with van der Waals surface area (Å²) in [5.41, 5.74) is 14.3. The van der Waals surface area contributed by atoms with Gasteiger partial charge in [0.15, 0.2) is 0 Å². The number of anilines is 4. The van der Waals surface area contributed by atoms with E-state index in [-0.39, 0.29) is 11.4 Å². The van der Waals surface area contributed by atoms with Crippen LogP contribution in [-0.2, 0) is 0 Å². The number of nitrogens with one attached hydrogen (secondary N) is 1. The minimum Gasteiger partial charge on any atom is -0.399 e. The number of rotatable bonds is 4. The summed E-state index contributed by atoms with van der Waals surface area (Å²) in [5, 5.41) is 26.7. The molecular formula is C19H14N6O4. The Morgan fingerprint density at radius 3 is 1.86 bits per heavy atom. The molecule has 0 aliphatic carbocycles. The smallest absolute Gasteiger partial charge is 0.271 e. The number of non-ortho nitro benzene ring substituents is 2. The Balaban J connectivity index is 2.03. The van der Waals surface area contributed by atoms with E-state index in [9.17, 15) is 20.2 Å². The van der Waals surface area contributed by atoms with Crippen molar-refractivity contribution in [2.24, 2.45) is 0 Å². The third-order valence-corrected chi connectivity index (χ3v) is 4.50. The average molecular weight is 390 g/mol. The van der Waals surface area contributed by atoms with E-state index in [2.05, 4.69) is 10.3 Å². The Bertz CT molecular complexity index is 1250. The largest absolute Gasteiger partial charge is 0.399 e. The number of nitro groups is 2. The van der Waals surface area contributed by atoms with Crippen LogP contribution in [0.15, 0.2) is 54.6 Å². The van der Waals surface area contributed by atoms with Gasteiger partial charge in [-0.3, -0.25) is 20.2 Å². The molecule has 0 aliphatic rings. The zero-order valence-electron chi connectivity index (χ0n) is 14.8. The Morgan fingerprint density at radius 1 is 0.793 bits per heavy atom. The minimum atomic E-state index is -0.526. The van der Waals surface area contributed by atoms with Gasteiger partial charge >= 0.3 is 0 Å². The second-order valence-corrected chi connectivity index (χ2v) is 6.38. The van der Waals surface area contributed by atoms with Crippen LogP contribution >= 0.6 is 0 Å². The van der Waals surface area contributed by atoms with E-state index in [0.29, 0.717) is 44.6 Å². The quantitative estimate of drug-likeness (QED) is 0.203. The van der Waals surface area contributed by atoms with Crippen molar-refractivity contribution in [1.29, 1.82) is 0 Å². The Hall–Kier alpha value is -4.47. The lowest BCUT2D eigenvalue weighted by atomic mass is 10.1. The van der Waals surface area contributed by atoms with Gasteiger partial charge in [-0.05, 0) is 30.3 Å². The molecule has 0 saturated heterocycles. The monoisotopic (exact) mass is 390 g/mol. The fraction of sp³-hybridized carbons (Fsp3) is 0. The summed E-state index contributed by atoms with van der Waals surface area (Å²) in [4.78, 5) is 25.7. The van der Waals surface area contributed by atoms with Crippen molar-refractivity contribution in [3.63, 3.8) is 0 Å². The van der Waals surface area contributed by atoms with Gasteiger partial charge in [0.25, 0.3) is 11.4 Å². The van der Waals surface area contributed by atoms with Crippen LogP contribution in [0.25, 0.3) is 21.8 Å². The summed E-state index contributed by atoms with van der Waals surface area (Å²) in [6.07, 6.45) is 0. The molecule has 0 amide bonds. The van der Waals surface area contributed by atoms with Crippen LogP contribution in [-0.4, -0.2) is 14.8 Å². The van der Waals surface area contributed by atoms with E-state index in [1.165, 1.54) is 24.3 Å². The van der Waals surface area contributed by atoms with E-state index in [1.54, 1.807) is 30.3 Å². The van der Waals surface area contributed by atoms with E-state index < -0.39 is 9.85 Å². The second kappa shape index (κ2) is 6.60. The molecule has 0 radical (unpaired) electrons. The van der Waals surface area contributed by atoms with Crippen molar-refractivity contribution < 1.29 is 9.85 Å². The van der Waals surface area contributed by atoms with E-state index in [0.717, 1.165) is 0 Å². The molecule has 0 atom stereocenters. The van der Waals surface area contributed by atoms with Gasteiger partial charge in [0, 0.05) is 40.7 Å². The van der Waals surface area contributed by atoms with Crippen molar-refractivity contribution in [3.05, 3.63) is 74.8 Å². The lowest BCUT2D eigenvalue weighted by Gasteiger charge is -2.15. The first kappa shape index (κ1) is 17.9. The fourth-order valence-electron chi connectivity index (χ4n) is 3.10. The highest BCUT2D eigenvalue weighted by Crippen LogP contribution is 2.37. The molecule has 0 saturated carbocycles. The molecule has 0 fully saturated rings. The molecule has 0 aliphatic heterocycles. The standard InChI is InChI=1S/C19H14N6O4/c20-10-1-6-15(21)18(7-10)23-19-13-4-2-11(24(26)27)8-16(13)22-17-9-12(25(28)29)3-5-14(17)19/h1-9H,20-21H2,(H,22,23). The van der Waals surface area contributed by atoms with Crippen LogP contribution in [0, 0.1) is 20.2 Å². The molecule has 0 spiro atoms. The number of hydrogen-bond acceptors (Lipinski definition) is 8. The zero-order chi connectivity index (χ0) is 20.7. The molecular weight excluding hydrogens is 376 g/mol. The first-order chi connectivity index (χ1) is 13.8. The topological polar surface area (TPSA) is 163 Å². The van der Waals surface area contributed by atoms with Crippen molar-refractivity contribution >= 4 is 55.9 Å². The number of nitrogens with two attached hydrogens (primary N) is 2. The highest BCUT2D eigenvalue weighted by molar-refractivity contribution is 6.10. The van der Waals surface area contributed by atoms with Crippen LogP contribution < -0.4 is 16.8 Å². The predicted octanol–water partition coefficient (Wildman–Crippen LogP) is 4.11. The number of fused-ring (bicyclic) bond motifs is 2. The number of benzene rings is 3. The number of aromatic nitrogens is 1. The van der Waals surface area contributed by atoms with Crippen molar-refractivity contribution in [2.75, 3.05) is 16.8 Å². The van der Waals surface area contributed by atoms with E-state index in [4.69, 9.17) is 11.5 Å². The van der Waals surface area contributed by atoms with Crippen LogP contribution in [0.2, 0.25) is 0 Å². The van der Waals surface area contributed by atoms with Crippen LogP contribution in [0.3, 0.4) is 0 Å². The maximum absolute atomic E-state index is 11.2. The maximum atomic E-state index is 11.2. The van der Waals surface area contributed by atoms with E-state index >= 15 is 0 Å². The van der Waals surface area contributed by atoms with Gasteiger partial charge in [-0.2, -0.15) is 0 Å². The van der Waals surface area contributed by atoms with Crippen molar-refractivity contribution in [2.45, 2.75) is 0 Å². The zero-order valence-corrected chi connectivity index (χ0v) is 14.8. The first-order valence-corrected chi connectivity index (χ1v) is 8.42. The summed E-state index contributed by atoms with van der Waals surface area (Å²) in [6.45, 7) is 0. The van der Waals surface area contributed by atoms with Gasteiger partial charge < -0.3 is 16.8 Å². The van der Waals surface area contributed by atoms with Gasteiger partial charge in [-0.25, -0.2) is 4.98 Å². The highest BCUT2D eigenvalue weighted by atomic mass is 16.6. The molecule has 1 aromatic heterocycles. The fourth-order valence-corrected chi connectivity index (χ4v) is 3.10. The van der Waals surface area contributed by atoms with Crippen molar-refractivity contribution in [1.82, 2.24) is 4.98 Å². The molecule has 4 aromatic rings. The number of nitrogens with zero attached hydrogens (tertiary/aromatic N) is 3. The average Bonchev–Trinajstić information content (AvgIpc) is 2.69. The molecule has 4 rings (SSSR count). The minimum absolute atomic E-state index is 0.135. The van der Waals surface area contributed by atoms with Crippen LogP contribution in [0.5, 0.6) is 0 Å². The van der Waals surface area contributed by atoms with Gasteiger partial charge in [0.05, 0.1) is 37.9 Å². The number of nitro benzene ring substituents is 2. The number of hydrogen-bond donors (Lipinski definition) is 3. The maximum Gasteiger partial charge on any atom is 0.271 e. The van der Waals surface area contributed by atoms with Gasteiger partial charge in [0.1, 0.15) is 0 Å². The molecule has 10 nitrogen and oxygen atoms in total. The highest BCUT2D eigenvalue weighted by Gasteiger charge is 2.16. The van der Waals surface area contributed by atoms with Gasteiger partial charge in [-0.15, -0.1) is 0 Å². The molecule has 5 N–H and O–H groups in total. The molecule has 29 heavy (non-hydrogen) atoms. The SMILES string of the molecule is Nc1ccc(N)c(Nc2c3ccc([N+](=O)[O-])cc3nc3cc([N+](=O)[O-])ccc23)c1. The predicted molar refractivity (Wildman–Crippen MR) is 111 cm³/mol. The summed E-state index contributed by atoms with van der Waals surface area (Å²) < 4.78 is 0. The molecule has 10 heteroatoms. The molecule has 3 aromatic carbocycles. The summed E-state index contributed by atoms with van der Waals surface area (Å²) >= 11 is 0. The molecule has 0 unspecified atom stereocenters. The number of nitrogen functional groups attached to an aromatic ring is 2. The molecule has 1 heterocycles. The Labute approximate surface area is 163 Å². The third kappa shape index (κ3) is 3.18. The first-order valence-electron chi connectivity index (χ1n) is 8.42. The summed E-state index contributed by atoms with van der Waals surface area (Å²) in [6, 6.07) is 13.5.